The summed E-state index contributed by atoms with van der Waals surface area (Å²) >= 11 is 1.87. The number of likely N-dealkylation sites (tertiary alicyclic amines) is 1. The van der Waals surface area contributed by atoms with E-state index in [4.69, 9.17) is 0 Å². The highest BCUT2D eigenvalue weighted by Crippen LogP contribution is 2.10. The van der Waals surface area contributed by atoms with Crippen molar-refractivity contribution < 1.29 is 9.59 Å². The lowest BCUT2D eigenvalue weighted by atomic mass is 10.1. The van der Waals surface area contributed by atoms with Crippen LogP contribution in [0.1, 0.15) is 25.7 Å². The summed E-state index contributed by atoms with van der Waals surface area (Å²) in [5, 5.41) is 6.07. The Bertz CT molecular complexity index is 319. The van der Waals surface area contributed by atoms with E-state index in [9.17, 15) is 9.59 Å². The van der Waals surface area contributed by atoms with E-state index in [1.807, 2.05) is 16.7 Å². The van der Waals surface area contributed by atoms with Gasteiger partial charge in [0, 0.05) is 43.6 Å². The van der Waals surface area contributed by atoms with Crippen LogP contribution in [0.3, 0.4) is 0 Å². The van der Waals surface area contributed by atoms with Crippen molar-refractivity contribution in [2.24, 2.45) is 0 Å². The number of thioether (sulfide) groups is 1. The predicted octanol–water partition coefficient (Wildman–Crippen LogP) is 0.632. The summed E-state index contributed by atoms with van der Waals surface area (Å²) in [7, 11) is 0. The van der Waals surface area contributed by atoms with Crippen molar-refractivity contribution in [3.05, 3.63) is 0 Å². The molecule has 5 nitrogen and oxygen atoms in total. The summed E-state index contributed by atoms with van der Waals surface area (Å²) < 4.78 is 0. The molecule has 0 aromatic carbocycles. The second kappa shape index (κ2) is 9.47. The van der Waals surface area contributed by atoms with Crippen LogP contribution < -0.4 is 10.6 Å². The topological polar surface area (TPSA) is 61.4 Å². The quantitative estimate of drug-likeness (QED) is 0.797. The third kappa shape index (κ3) is 5.89. The minimum Gasteiger partial charge on any atom is -0.347 e. The van der Waals surface area contributed by atoms with Crippen LogP contribution in [0.5, 0.6) is 0 Å². The largest absolute Gasteiger partial charge is 0.347 e. The molecule has 0 radical (unpaired) electrons. The van der Waals surface area contributed by atoms with Crippen LogP contribution in [0.2, 0.25) is 0 Å². The van der Waals surface area contributed by atoms with Gasteiger partial charge >= 0.3 is 0 Å². The maximum atomic E-state index is 11.9. The molecule has 116 valence electrons. The van der Waals surface area contributed by atoms with E-state index in [0.29, 0.717) is 6.42 Å². The summed E-state index contributed by atoms with van der Waals surface area (Å²) in [5.41, 5.74) is 0. The molecular weight excluding hydrogens is 298 g/mol. The molecule has 2 fully saturated rings. The van der Waals surface area contributed by atoms with Gasteiger partial charge in [0.2, 0.25) is 11.8 Å². The first-order chi connectivity index (χ1) is 9.25. The van der Waals surface area contributed by atoms with Gasteiger partial charge in [0.15, 0.2) is 0 Å². The predicted molar refractivity (Wildman–Crippen MR) is 84.4 cm³/mol. The molecule has 0 aromatic heterocycles. The third-order valence-electron chi connectivity index (χ3n) is 3.58. The zero-order valence-corrected chi connectivity index (χ0v) is 13.4. The summed E-state index contributed by atoms with van der Waals surface area (Å²) in [6.45, 7) is 2.80. The first-order valence-corrected chi connectivity index (χ1v) is 8.27. The Hall–Kier alpha value is -0.460. The molecule has 1 atom stereocenters. The SMILES string of the molecule is Cl.O=C(CC1CSCCN1)NCC(=O)N1CCCCC1. The summed E-state index contributed by atoms with van der Waals surface area (Å²) in [6, 6.07) is 0.254. The van der Waals surface area contributed by atoms with Gasteiger partial charge in [0.25, 0.3) is 0 Å². The average Bonchev–Trinajstić information content (AvgIpc) is 2.47. The third-order valence-corrected chi connectivity index (χ3v) is 4.71. The summed E-state index contributed by atoms with van der Waals surface area (Å²) in [4.78, 5) is 25.5. The number of rotatable bonds is 4. The molecular formula is C13H24ClN3O2S. The van der Waals surface area contributed by atoms with E-state index >= 15 is 0 Å². The number of carbonyl (C=O) groups excluding carboxylic acids is 2. The van der Waals surface area contributed by atoms with Crippen molar-refractivity contribution in [2.45, 2.75) is 31.7 Å². The zero-order valence-electron chi connectivity index (χ0n) is 11.7. The Kier molecular flexibility index (Phi) is 8.33. The molecule has 0 bridgehead atoms. The van der Waals surface area contributed by atoms with Crippen LogP contribution in [0.4, 0.5) is 0 Å². The smallest absolute Gasteiger partial charge is 0.241 e. The maximum absolute atomic E-state index is 11.9. The standard InChI is InChI=1S/C13H23N3O2S.ClH/c17-12(8-11-10-19-7-4-14-11)15-9-13(18)16-5-2-1-3-6-16;/h11,14H,1-10H2,(H,15,17);1H. The fraction of sp³-hybridized carbons (Fsp3) is 0.846. The Morgan fingerprint density at radius 2 is 2.00 bits per heavy atom. The number of carbonyl (C=O) groups is 2. The first-order valence-electron chi connectivity index (χ1n) is 7.11. The molecule has 2 aliphatic rings. The molecule has 0 saturated carbocycles. The second-order valence-electron chi connectivity index (χ2n) is 5.15. The van der Waals surface area contributed by atoms with Gasteiger partial charge in [-0.15, -0.1) is 12.4 Å². The second-order valence-corrected chi connectivity index (χ2v) is 6.30. The van der Waals surface area contributed by atoms with E-state index in [1.165, 1.54) is 6.42 Å². The van der Waals surface area contributed by atoms with Crippen LogP contribution in [0.25, 0.3) is 0 Å². The molecule has 0 aliphatic carbocycles. The first kappa shape index (κ1) is 17.6. The lowest BCUT2D eigenvalue weighted by Gasteiger charge is -2.27. The molecule has 2 rings (SSSR count). The minimum absolute atomic E-state index is 0. The van der Waals surface area contributed by atoms with E-state index in [-0.39, 0.29) is 36.8 Å². The monoisotopic (exact) mass is 321 g/mol. The average molecular weight is 322 g/mol. The molecule has 2 N–H and O–H groups in total. The Morgan fingerprint density at radius 1 is 1.25 bits per heavy atom. The van der Waals surface area contributed by atoms with Crippen molar-refractivity contribution >= 4 is 36.0 Å². The number of halogens is 1. The van der Waals surface area contributed by atoms with E-state index in [1.54, 1.807) is 0 Å². The van der Waals surface area contributed by atoms with Crippen LogP contribution in [-0.4, -0.2) is 60.4 Å². The van der Waals surface area contributed by atoms with Gasteiger partial charge in [-0.05, 0) is 19.3 Å². The highest BCUT2D eigenvalue weighted by molar-refractivity contribution is 7.99. The number of piperidine rings is 1. The number of amides is 2. The van der Waals surface area contributed by atoms with Gasteiger partial charge in [0.1, 0.15) is 0 Å². The lowest BCUT2D eigenvalue weighted by Crippen LogP contribution is -2.45. The molecule has 7 heteroatoms. The fourth-order valence-corrected chi connectivity index (χ4v) is 3.43. The lowest BCUT2D eigenvalue weighted by molar-refractivity contribution is -0.133. The Balaban J connectivity index is 0.00000200. The molecule has 0 aromatic rings. The molecule has 2 heterocycles. The molecule has 2 aliphatic heterocycles. The highest BCUT2D eigenvalue weighted by atomic mass is 35.5. The highest BCUT2D eigenvalue weighted by Gasteiger charge is 2.19. The Labute approximate surface area is 131 Å². The maximum Gasteiger partial charge on any atom is 0.241 e. The number of hydrogen-bond acceptors (Lipinski definition) is 4. The van der Waals surface area contributed by atoms with E-state index in [0.717, 1.165) is 44.0 Å². The Morgan fingerprint density at radius 3 is 2.65 bits per heavy atom. The summed E-state index contributed by atoms with van der Waals surface area (Å²) in [6.07, 6.45) is 3.85. The van der Waals surface area contributed by atoms with Gasteiger partial charge < -0.3 is 15.5 Å². The number of nitrogens with one attached hydrogen (secondary N) is 2. The van der Waals surface area contributed by atoms with Gasteiger partial charge in [-0.3, -0.25) is 9.59 Å². The van der Waals surface area contributed by atoms with Crippen molar-refractivity contribution in [2.75, 3.05) is 37.7 Å². The van der Waals surface area contributed by atoms with Gasteiger partial charge in [-0.25, -0.2) is 0 Å². The van der Waals surface area contributed by atoms with Crippen LogP contribution >= 0.6 is 24.2 Å². The van der Waals surface area contributed by atoms with Crippen LogP contribution in [-0.2, 0) is 9.59 Å². The zero-order chi connectivity index (χ0) is 13.5. The molecule has 1 unspecified atom stereocenters. The van der Waals surface area contributed by atoms with Crippen molar-refractivity contribution in [1.82, 2.24) is 15.5 Å². The minimum atomic E-state index is -0.0228. The van der Waals surface area contributed by atoms with Crippen molar-refractivity contribution in [3.8, 4) is 0 Å². The molecule has 20 heavy (non-hydrogen) atoms. The normalized spacial score (nSPS) is 22.8. The van der Waals surface area contributed by atoms with Crippen LogP contribution in [0.15, 0.2) is 0 Å². The summed E-state index contributed by atoms with van der Waals surface area (Å²) in [5.74, 6) is 2.13. The van der Waals surface area contributed by atoms with Gasteiger partial charge in [-0.1, -0.05) is 0 Å². The van der Waals surface area contributed by atoms with Gasteiger partial charge in [-0.2, -0.15) is 11.8 Å². The molecule has 2 amide bonds. The van der Waals surface area contributed by atoms with Crippen LogP contribution in [0, 0.1) is 0 Å². The molecule has 2 saturated heterocycles. The number of hydrogen-bond donors (Lipinski definition) is 2. The van der Waals surface area contributed by atoms with Crippen molar-refractivity contribution in [3.63, 3.8) is 0 Å². The van der Waals surface area contributed by atoms with E-state index < -0.39 is 0 Å². The van der Waals surface area contributed by atoms with Crippen molar-refractivity contribution in [1.29, 1.82) is 0 Å². The molecule has 0 spiro atoms. The van der Waals surface area contributed by atoms with E-state index in [2.05, 4.69) is 10.6 Å². The number of nitrogens with zero attached hydrogens (tertiary/aromatic N) is 1. The van der Waals surface area contributed by atoms with Gasteiger partial charge in [0.05, 0.1) is 6.54 Å². The fourth-order valence-electron chi connectivity index (χ4n) is 2.48.